The van der Waals surface area contributed by atoms with Crippen LogP contribution in [0.1, 0.15) is 86.5 Å². The predicted molar refractivity (Wildman–Crippen MR) is 117 cm³/mol. The fraction of sp³-hybridized carbons (Fsp3) is 0.481. The minimum Gasteiger partial charge on any atom is -0.0945 e. The molecule has 0 heterocycles. The Morgan fingerprint density at radius 3 is 2.19 bits per heavy atom. The van der Waals surface area contributed by atoms with E-state index < -0.39 is 0 Å². The maximum atomic E-state index is 3.52. The highest BCUT2D eigenvalue weighted by atomic mass is 14.2. The molecule has 1 saturated carbocycles. The molecule has 1 aliphatic rings. The standard InChI is InChI=1S/C27H34/c1-3-4-5-6-7-23-14-18-26(19-15-23)27-20-16-25(17-21-27)13-12-24-10-8-22(2)9-11-24/h8-11,14-15,18-19,25,27H,3-7,16-17,20-21H2,1-2H3. The molecule has 3 rings (SSSR count). The second-order valence-electron chi connectivity index (χ2n) is 8.24. The van der Waals surface area contributed by atoms with E-state index in [1.165, 1.54) is 74.5 Å². The lowest BCUT2D eigenvalue weighted by molar-refractivity contribution is 0.384. The van der Waals surface area contributed by atoms with E-state index in [-0.39, 0.29) is 0 Å². The molecule has 0 aromatic heterocycles. The van der Waals surface area contributed by atoms with E-state index in [9.17, 15) is 0 Å². The minimum absolute atomic E-state index is 0.570. The van der Waals surface area contributed by atoms with Gasteiger partial charge in [-0.3, -0.25) is 0 Å². The summed E-state index contributed by atoms with van der Waals surface area (Å²) in [5.74, 6) is 8.21. The predicted octanol–water partition coefficient (Wildman–Crippen LogP) is 7.44. The average molecular weight is 359 g/mol. The van der Waals surface area contributed by atoms with Crippen molar-refractivity contribution in [3.05, 3.63) is 70.8 Å². The molecule has 142 valence electrons. The van der Waals surface area contributed by atoms with Crippen LogP contribution in [0.4, 0.5) is 0 Å². The van der Waals surface area contributed by atoms with Crippen LogP contribution in [0.2, 0.25) is 0 Å². The van der Waals surface area contributed by atoms with E-state index in [0.29, 0.717) is 5.92 Å². The molecule has 0 N–H and O–H groups in total. The van der Waals surface area contributed by atoms with Crippen molar-refractivity contribution in [2.24, 2.45) is 5.92 Å². The highest BCUT2D eigenvalue weighted by Crippen LogP contribution is 2.35. The molecule has 27 heavy (non-hydrogen) atoms. The second-order valence-corrected chi connectivity index (χ2v) is 8.24. The summed E-state index contributed by atoms with van der Waals surface area (Å²) < 4.78 is 0. The molecule has 0 spiro atoms. The summed E-state index contributed by atoms with van der Waals surface area (Å²) in [6, 6.07) is 18.1. The maximum absolute atomic E-state index is 3.52. The van der Waals surface area contributed by atoms with Crippen LogP contribution in [0.15, 0.2) is 48.5 Å². The summed E-state index contributed by atoms with van der Waals surface area (Å²) in [7, 11) is 0. The van der Waals surface area contributed by atoms with Gasteiger partial charge in [0.2, 0.25) is 0 Å². The summed E-state index contributed by atoms with van der Waals surface area (Å²) in [4.78, 5) is 0. The normalized spacial score (nSPS) is 19.3. The van der Waals surface area contributed by atoms with Gasteiger partial charge in [0.1, 0.15) is 0 Å². The number of hydrogen-bond acceptors (Lipinski definition) is 0. The molecule has 0 atom stereocenters. The van der Waals surface area contributed by atoms with Crippen molar-refractivity contribution < 1.29 is 0 Å². The smallest absolute Gasteiger partial charge is 0.0245 e. The summed E-state index contributed by atoms with van der Waals surface area (Å²) in [6.07, 6.45) is 11.7. The zero-order chi connectivity index (χ0) is 18.9. The topological polar surface area (TPSA) is 0 Å². The zero-order valence-electron chi connectivity index (χ0n) is 17.1. The van der Waals surface area contributed by atoms with Crippen LogP contribution >= 0.6 is 0 Å². The Morgan fingerprint density at radius 1 is 0.815 bits per heavy atom. The van der Waals surface area contributed by atoms with Crippen LogP contribution in [0.25, 0.3) is 0 Å². The molecule has 0 heteroatoms. The number of benzene rings is 2. The first kappa shape index (κ1) is 19.8. The second kappa shape index (κ2) is 10.4. The van der Waals surface area contributed by atoms with Crippen molar-refractivity contribution in [1.29, 1.82) is 0 Å². The average Bonchev–Trinajstić information content (AvgIpc) is 2.72. The van der Waals surface area contributed by atoms with Gasteiger partial charge in [0.05, 0.1) is 0 Å². The molecule has 0 saturated heterocycles. The molecule has 0 bridgehead atoms. The molecule has 0 aliphatic heterocycles. The fourth-order valence-corrected chi connectivity index (χ4v) is 4.11. The Morgan fingerprint density at radius 2 is 1.52 bits per heavy atom. The Kier molecular flexibility index (Phi) is 7.58. The van der Waals surface area contributed by atoms with Gasteiger partial charge >= 0.3 is 0 Å². The van der Waals surface area contributed by atoms with E-state index in [0.717, 1.165) is 11.5 Å². The van der Waals surface area contributed by atoms with E-state index in [4.69, 9.17) is 0 Å². The van der Waals surface area contributed by atoms with Crippen LogP contribution in [0.5, 0.6) is 0 Å². The van der Waals surface area contributed by atoms with Crippen molar-refractivity contribution in [3.8, 4) is 11.8 Å². The molecule has 0 nitrogen and oxygen atoms in total. The van der Waals surface area contributed by atoms with E-state index in [1.54, 1.807) is 0 Å². The molecule has 0 unspecified atom stereocenters. The van der Waals surface area contributed by atoms with Crippen LogP contribution in [0, 0.1) is 24.7 Å². The van der Waals surface area contributed by atoms with Gasteiger partial charge in [0, 0.05) is 11.5 Å². The lowest BCUT2D eigenvalue weighted by atomic mass is 9.78. The molecule has 2 aromatic carbocycles. The minimum atomic E-state index is 0.570. The third-order valence-corrected chi connectivity index (χ3v) is 5.97. The molecular formula is C27H34. The van der Waals surface area contributed by atoms with E-state index in [1.807, 2.05) is 0 Å². The Labute approximate surface area is 166 Å². The number of aryl methyl sites for hydroxylation is 2. The van der Waals surface area contributed by atoms with Crippen molar-refractivity contribution in [1.82, 2.24) is 0 Å². The molecule has 0 radical (unpaired) electrons. The third-order valence-electron chi connectivity index (χ3n) is 5.97. The summed E-state index contributed by atoms with van der Waals surface area (Å²) in [6.45, 7) is 4.40. The van der Waals surface area contributed by atoms with Gasteiger partial charge in [0.15, 0.2) is 0 Å². The summed E-state index contributed by atoms with van der Waals surface area (Å²) >= 11 is 0. The van der Waals surface area contributed by atoms with Crippen LogP contribution in [0.3, 0.4) is 0 Å². The Bertz CT molecular complexity index is 731. The fourth-order valence-electron chi connectivity index (χ4n) is 4.11. The van der Waals surface area contributed by atoms with E-state index >= 15 is 0 Å². The third kappa shape index (κ3) is 6.28. The maximum Gasteiger partial charge on any atom is 0.0245 e. The number of hydrogen-bond donors (Lipinski definition) is 0. The van der Waals surface area contributed by atoms with Crippen LogP contribution in [-0.2, 0) is 6.42 Å². The van der Waals surface area contributed by atoms with Crippen molar-refractivity contribution in [3.63, 3.8) is 0 Å². The first-order chi connectivity index (χ1) is 13.2. The lowest BCUT2D eigenvalue weighted by Crippen LogP contribution is -2.12. The lowest BCUT2D eigenvalue weighted by Gasteiger charge is -2.26. The van der Waals surface area contributed by atoms with Crippen molar-refractivity contribution >= 4 is 0 Å². The highest BCUT2D eigenvalue weighted by molar-refractivity contribution is 5.36. The number of unbranched alkanes of at least 4 members (excludes halogenated alkanes) is 3. The van der Waals surface area contributed by atoms with Gasteiger partial charge in [-0.05, 0) is 74.6 Å². The Balaban J connectivity index is 1.47. The number of rotatable bonds is 6. The van der Waals surface area contributed by atoms with E-state index in [2.05, 4.69) is 74.2 Å². The zero-order valence-corrected chi connectivity index (χ0v) is 17.1. The van der Waals surface area contributed by atoms with Crippen LogP contribution in [-0.4, -0.2) is 0 Å². The largest absolute Gasteiger partial charge is 0.0945 e. The van der Waals surface area contributed by atoms with Gasteiger partial charge in [-0.2, -0.15) is 0 Å². The first-order valence-electron chi connectivity index (χ1n) is 10.9. The quantitative estimate of drug-likeness (QED) is 0.372. The molecular weight excluding hydrogens is 324 g/mol. The van der Waals surface area contributed by atoms with Gasteiger partial charge < -0.3 is 0 Å². The molecule has 1 aliphatic carbocycles. The van der Waals surface area contributed by atoms with Gasteiger partial charge in [0.25, 0.3) is 0 Å². The molecule has 1 fully saturated rings. The summed E-state index contributed by atoms with van der Waals surface area (Å²) in [5.41, 5.74) is 5.50. The SMILES string of the molecule is CCCCCCc1ccc(C2CCC(C#Cc3ccc(C)cc3)CC2)cc1. The van der Waals surface area contributed by atoms with Gasteiger partial charge in [-0.25, -0.2) is 0 Å². The first-order valence-corrected chi connectivity index (χ1v) is 10.9. The monoisotopic (exact) mass is 358 g/mol. The molecule has 0 amide bonds. The van der Waals surface area contributed by atoms with Gasteiger partial charge in [-0.1, -0.05) is 80.0 Å². The van der Waals surface area contributed by atoms with Crippen molar-refractivity contribution in [2.75, 3.05) is 0 Å². The van der Waals surface area contributed by atoms with Crippen LogP contribution < -0.4 is 0 Å². The Hall–Kier alpha value is -2.00. The summed E-state index contributed by atoms with van der Waals surface area (Å²) in [5, 5.41) is 0. The van der Waals surface area contributed by atoms with Crippen molar-refractivity contribution in [2.45, 2.75) is 77.6 Å². The highest BCUT2D eigenvalue weighted by Gasteiger charge is 2.21. The van der Waals surface area contributed by atoms with Gasteiger partial charge in [-0.15, -0.1) is 0 Å². The molecule has 2 aromatic rings.